The molecule has 0 atom stereocenters. The molecule has 0 spiro atoms. The zero-order chi connectivity index (χ0) is 24.9. The fourth-order valence-corrected chi connectivity index (χ4v) is 4.25. The predicted molar refractivity (Wildman–Crippen MR) is 142 cm³/mol. The number of nitrogens with one attached hydrogen (secondary N) is 1. The van der Waals surface area contributed by atoms with Crippen molar-refractivity contribution in [3.8, 4) is 11.1 Å². The first-order valence-electron chi connectivity index (χ1n) is 12.0. The zero-order valence-electron chi connectivity index (χ0n) is 20.4. The molecule has 0 saturated carbocycles. The standard InChI is InChI=1S/C30H28N4O2/c1-21(2)33-29-26-17-25(13-14-27(26)31-20-32-29)24-11-6-10-23(16-24)19-34(18-22-8-4-3-5-9-22)30(35)28-12-7-15-36-28/h3-17,20-21H,18-19H2,1-2H3,(H,31,32,33). The molecule has 0 saturated heterocycles. The molecule has 6 nitrogen and oxygen atoms in total. The molecule has 5 rings (SSSR count). The molecule has 0 aliphatic heterocycles. The third-order valence-corrected chi connectivity index (χ3v) is 5.93. The Morgan fingerprint density at radius 3 is 2.42 bits per heavy atom. The van der Waals surface area contributed by atoms with E-state index in [1.54, 1.807) is 18.5 Å². The molecule has 1 N–H and O–H groups in total. The van der Waals surface area contributed by atoms with Gasteiger partial charge in [-0.15, -0.1) is 0 Å². The van der Waals surface area contributed by atoms with E-state index in [-0.39, 0.29) is 11.9 Å². The number of rotatable bonds is 8. The Bertz CT molecular complexity index is 1460. The monoisotopic (exact) mass is 476 g/mol. The van der Waals surface area contributed by atoms with Crippen LogP contribution in [0.3, 0.4) is 0 Å². The van der Waals surface area contributed by atoms with Crippen LogP contribution in [-0.4, -0.2) is 26.8 Å². The lowest BCUT2D eigenvalue weighted by atomic mass is 10.0. The number of furan rings is 1. The van der Waals surface area contributed by atoms with E-state index >= 15 is 0 Å². The highest BCUT2D eigenvalue weighted by Gasteiger charge is 2.19. The number of carbonyl (C=O) groups excluding carboxylic acids is 1. The second-order valence-electron chi connectivity index (χ2n) is 9.08. The van der Waals surface area contributed by atoms with Crippen molar-refractivity contribution in [2.45, 2.75) is 33.0 Å². The van der Waals surface area contributed by atoms with Crippen LogP contribution in [0, 0.1) is 0 Å². The zero-order valence-corrected chi connectivity index (χ0v) is 20.4. The van der Waals surface area contributed by atoms with Crippen molar-refractivity contribution in [3.63, 3.8) is 0 Å². The highest BCUT2D eigenvalue weighted by Crippen LogP contribution is 2.28. The fraction of sp³-hybridized carbons (Fsp3) is 0.167. The van der Waals surface area contributed by atoms with Gasteiger partial charge in [-0.3, -0.25) is 4.79 Å². The lowest BCUT2D eigenvalue weighted by Gasteiger charge is -2.22. The molecule has 2 aromatic heterocycles. The number of amides is 1. The number of aromatic nitrogens is 2. The van der Waals surface area contributed by atoms with Crippen LogP contribution in [-0.2, 0) is 13.1 Å². The summed E-state index contributed by atoms with van der Waals surface area (Å²) in [5, 5.41) is 4.39. The van der Waals surface area contributed by atoms with Crippen molar-refractivity contribution in [1.29, 1.82) is 0 Å². The maximum absolute atomic E-state index is 13.3. The Kier molecular flexibility index (Phi) is 6.76. The second kappa shape index (κ2) is 10.4. The van der Waals surface area contributed by atoms with Gasteiger partial charge < -0.3 is 14.6 Å². The summed E-state index contributed by atoms with van der Waals surface area (Å²) in [4.78, 5) is 23.9. The Morgan fingerprint density at radius 1 is 0.861 bits per heavy atom. The Labute approximate surface area is 210 Å². The molecule has 0 bridgehead atoms. The van der Waals surface area contributed by atoms with Crippen molar-refractivity contribution < 1.29 is 9.21 Å². The lowest BCUT2D eigenvalue weighted by molar-refractivity contribution is 0.0697. The Hall–Kier alpha value is -4.45. The fourth-order valence-electron chi connectivity index (χ4n) is 4.25. The van der Waals surface area contributed by atoms with E-state index < -0.39 is 0 Å². The van der Waals surface area contributed by atoms with Crippen LogP contribution in [0.2, 0.25) is 0 Å². The summed E-state index contributed by atoms with van der Waals surface area (Å²) in [6.45, 7) is 5.13. The molecule has 0 unspecified atom stereocenters. The number of carbonyl (C=O) groups is 1. The summed E-state index contributed by atoms with van der Waals surface area (Å²) < 4.78 is 5.42. The largest absolute Gasteiger partial charge is 0.459 e. The molecular weight excluding hydrogens is 448 g/mol. The van der Waals surface area contributed by atoms with Gasteiger partial charge in [0.25, 0.3) is 5.91 Å². The first-order chi connectivity index (χ1) is 17.6. The van der Waals surface area contributed by atoms with Gasteiger partial charge in [0.05, 0.1) is 11.8 Å². The molecule has 180 valence electrons. The summed E-state index contributed by atoms with van der Waals surface area (Å²) >= 11 is 0. The third kappa shape index (κ3) is 5.28. The van der Waals surface area contributed by atoms with E-state index in [4.69, 9.17) is 4.42 Å². The van der Waals surface area contributed by atoms with E-state index in [0.717, 1.165) is 39.0 Å². The number of hydrogen-bond acceptors (Lipinski definition) is 5. The maximum atomic E-state index is 13.3. The van der Waals surface area contributed by atoms with E-state index in [1.165, 1.54) is 6.26 Å². The van der Waals surface area contributed by atoms with Crippen LogP contribution < -0.4 is 5.32 Å². The molecular formula is C30H28N4O2. The minimum Gasteiger partial charge on any atom is -0.459 e. The van der Waals surface area contributed by atoms with E-state index in [0.29, 0.717) is 18.8 Å². The minimum absolute atomic E-state index is 0.137. The van der Waals surface area contributed by atoms with Crippen LogP contribution in [0.5, 0.6) is 0 Å². The van der Waals surface area contributed by atoms with Gasteiger partial charge in [-0.25, -0.2) is 9.97 Å². The van der Waals surface area contributed by atoms with Crippen molar-refractivity contribution in [3.05, 3.63) is 114 Å². The number of anilines is 1. The second-order valence-corrected chi connectivity index (χ2v) is 9.08. The predicted octanol–water partition coefficient (Wildman–Crippen LogP) is 6.55. The van der Waals surface area contributed by atoms with Crippen molar-refractivity contribution in [2.75, 3.05) is 5.32 Å². The van der Waals surface area contributed by atoms with Crippen molar-refractivity contribution in [1.82, 2.24) is 14.9 Å². The topological polar surface area (TPSA) is 71.3 Å². The van der Waals surface area contributed by atoms with Crippen LogP contribution in [0.15, 0.2) is 102 Å². The first-order valence-corrected chi connectivity index (χ1v) is 12.0. The Morgan fingerprint density at radius 2 is 1.64 bits per heavy atom. The van der Waals surface area contributed by atoms with Crippen LogP contribution in [0.4, 0.5) is 5.82 Å². The molecule has 3 aromatic carbocycles. The minimum atomic E-state index is -0.137. The molecule has 6 heteroatoms. The molecule has 5 aromatic rings. The van der Waals surface area contributed by atoms with Gasteiger partial charge in [0.15, 0.2) is 5.76 Å². The smallest absolute Gasteiger partial charge is 0.290 e. The highest BCUT2D eigenvalue weighted by molar-refractivity contribution is 5.93. The van der Waals surface area contributed by atoms with Crippen LogP contribution >= 0.6 is 0 Å². The van der Waals surface area contributed by atoms with Gasteiger partial charge in [-0.1, -0.05) is 54.6 Å². The quantitative estimate of drug-likeness (QED) is 0.275. The lowest BCUT2D eigenvalue weighted by Crippen LogP contribution is -2.29. The van der Waals surface area contributed by atoms with E-state index in [1.807, 2.05) is 53.4 Å². The average Bonchev–Trinajstić information content (AvgIpc) is 3.44. The third-order valence-electron chi connectivity index (χ3n) is 5.93. The van der Waals surface area contributed by atoms with Crippen LogP contribution in [0.25, 0.3) is 22.0 Å². The highest BCUT2D eigenvalue weighted by atomic mass is 16.3. The normalized spacial score (nSPS) is 11.1. The van der Waals surface area contributed by atoms with Gasteiger partial charge in [-0.05, 0) is 66.4 Å². The van der Waals surface area contributed by atoms with Gasteiger partial charge in [0, 0.05) is 24.5 Å². The summed E-state index contributed by atoms with van der Waals surface area (Å²) in [7, 11) is 0. The molecule has 2 heterocycles. The number of nitrogens with zero attached hydrogens (tertiary/aromatic N) is 3. The summed E-state index contributed by atoms with van der Waals surface area (Å²) in [5.41, 5.74) is 5.13. The van der Waals surface area contributed by atoms with Gasteiger partial charge in [0.2, 0.25) is 0 Å². The van der Waals surface area contributed by atoms with Crippen molar-refractivity contribution in [2.24, 2.45) is 0 Å². The molecule has 0 aliphatic rings. The summed E-state index contributed by atoms with van der Waals surface area (Å²) in [5.74, 6) is 1.02. The summed E-state index contributed by atoms with van der Waals surface area (Å²) in [6.07, 6.45) is 3.12. The van der Waals surface area contributed by atoms with E-state index in [9.17, 15) is 4.79 Å². The number of fused-ring (bicyclic) bond motifs is 1. The number of benzene rings is 3. The number of hydrogen-bond donors (Lipinski definition) is 1. The average molecular weight is 477 g/mol. The molecule has 36 heavy (non-hydrogen) atoms. The van der Waals surface area contributed by atoms with Crippen LogP contribution in [0.1, 0.15) is 35.5 Å². The maximum Gasteiger partial charge on any atom is 0.290 e. The summed E-state index contributed by atoms with van der Waals surface area (Å²) in [6, 6.07) is 28.2. The molecule has 0 aliphatic carbocycles. The van der Waals surface area contributed by atoms with E-state index in [2.05, 4.69) is 53.4 Å². The van der Waals surface area contributed by atoms with Gasteiger partial charge >= 0.3 is 0 Å². The first kappa shape index (κ1) is 23.3. The Balaban J connectivity index is 1.45. The SMILES string of the molecule is CC(C)Nc1ncnc2ccc(-c3cccc(CN(Cc4ccccc4)C(=O)c4ccco4)c3)cc12. The molecule has 0 fully saturated rings. The van der Waals surface area contributed by atoms with Gasteiger partial charge in [-0.2, -0.15) is 0 Å². The van der Waals surface area contributed by atoms with Crippen molar-refractivity contribution >= 4 is 22.6 Å². The molecule has 1 amide bonds. The molecule has 0 radical (unpaired) electrons. The van der Waals surface area contributed by atoms with Gasteiger partial charge in [0.1, 0.15) is 12.1 Å².